The van der Waals surface area contributed by atoms with Gasteiger partial charge in [0, 0.05) is 18.3 Å². The number of pyridine rings is 1. The van der Waals surface area contributed by atoms with Crippen molar-refractivity contribution in [1.29, 1.82) is 0 Å². The van der Waals surface area contributed by atoms with Crippen LogP contribution >= 0.6 is 0 Å². The highest BCUT2D eigenvalue weighted by atomic mass is 16.1. The monoisotopic (exact) mass is 368 g/mol. The summed E-state index contributed by atoms with van der Waals surface area (Å²) in [6, 6.07) is 13.7. The Bertz CT molecular complexity index is 777. The number of hydrogen-bond donors (Lipinski definition) is 2. The van der Waals surface area contributed by atoms with Gasteiger partial charge >= 0.3 is 0 Å². The second-order valence-electron chi connectivity index (χ2n) is 7.55. The molecule has 1 aromatic heterocycles. The quantitative estimate of drug-likeness (QED) is 0.525. The van der Waals surface area contributed by atoms with Gasteiger partial charge in [-0.3, -0.25) is 4.79 Å². The third-order valence-corrected chi connectivity index (χ3v) is 4.52. The summed E-state index contributed by atoms with van der Waals surface area (Å²) in [5, 5.41) is 3.26. The second-order valence-corrected chi connectivity index (χ2v) is 7.55. The van der Waals surface area contributed by atoms with Gasteiger partial charge < -0.3 is 15.6 Å². The van der Waals surface area contributed by atoms with Crippen molar-refractivity contribution in [2.45, 2.75) is 59.2 Å². The lowest BCUT2D eigenvalue weighted by molar-refractivity contribution is 0.493. The molecule has 2 aromatic rings. The molecular formula is C22H32N4O. The minimum Gasteiger partial charge on any atom is -0.370 e. The Morgan fingerprint density at radius 1 is 1.07 bits per heavy atom. The van der Waals surface area contributed by atoms with Crippen LogP contribution in [0.5, 0.6) is 0 Å². The zero-order chi connectivity index (χ0) is 19.6. The number of rotatable bonds is 9. The van der Waals surface area contributed by atoms with Crippen LogP contribution in [0.3, 0.4) is 0 Å². The molecule has 0 bridgehead atoms. The maximum atomic E-state index is 11.8. The predicted molar refractivity (Wildman–Crippen MR) is 113 cm³/mol. The highest BCUT2D eigenvalue weighted by molar-refractivity contribution is 5.78. The molecule has 0 aliphatic carbocycles. The number of hydrogen-bond acceptors (Lipinski definition) is 2. The molecule has 5 heteroatoms. The Labute approximate surface area is 162 Å². The van der Waals surface area contributed by atoms with E-state index in [-0.39, 0.29) is 5.56 Å². The average molecular weight is 369 g/mol. The average Bonchev–Trinajstić information content (AvgIpc) is 2.62. The first-order valence-corrected chi connectivity index (χ1v) is 9.74. The van der Waals surface area contributed by atoms with Crippen LogP contribution in [0, 0.1) is 5.92 Å². The van der Waals surface area contributed by atoms with Crippen molar-refractivity contribution in [3.8, 4) is 0 Å². The van der Waals surface area contributed by atoms with Crippen molar-refractivity contribution in [3.63, 3.8) is 0 Å². The van der Waals surface area contributed by atoms with Gasteiger partial charge in [-0.2, -0.15) is 0 Å². The number of nitrogens with one attached hydrogen (secondary N) is 1. The largest absolute Gasteiger partial charge is 0.370 e. The lowest BCUT2D eigenvalue weighted by Gasteiger charge is -2.15. The molecule has 2 rings (SSSR count). The lowest BCUT2D eigenvalue weighted by atomic mass is 10.0. The van der Waals surface area contributed by atoms with E-state index in [2.05, 4.69) is 31.1 Å². The molecule has 0 amide bonds. The van der Waals surface area contributed by atoms with Crippen molar-refractivity contribution in [3.05, 3.63) is 70.1 Å². The normalized spacial score (nSPS) is 13.0. The van der Waals surface area contributed by atoms with Gasteiger partial charge in [0.1, 0.15) is 0 Å². The topological polar surface area (TPSA) is 72.4 Å². The van der Waals surface area contributed by atoms with Crippen LogP contribution in [0.2, 0.25) is 0 Å². The summed E-state index contributed by atoms with van der Waals surface area (Å²) in [4.78, 5) is 16.2. The summed E-state index contributed by atoms with van der Waals surface area (Å²) in [7, 11) is 0. The highest BCUT2D eigenvalue weighted by Gasteiger charge is 2.04. The first-order valence-electron chi connectivity index (χ1n) is 9.74. The molecule has 0 aliphatic heterocycles. The van der Waals surface area contributed by atoms with Gasteiger partial charge in [0.2, 0.25) is 0 Å². The van der Waals surface area contributed by atoms with E-state index in [1.165, 1.54) is 12.8 Å². The maximum Gasteiger partial charge on any atom is 0.250 e. The lowest BCUT2D eigenvalue weighted by Crippen LogP contribution is -2.38. The standard InChI is InChI=1S/C22H32N4O/c1-17(2)7-6-8-18(3)25-22(23)24-15-19-10-12-20(13-11-19)16-26-14-5-4-9-21(26)27/h4-5,9-14,17-18H,6-8,15-16H2,1-3H3,(H3,23,24,25). The van der Waals surface area contributed by atoms with E-state index in [9.17, 15) is 4.79 Å². The summed E-state index contributed by atoms with van der Waals surface area (Å²) in [5.41, 5.74) is 8.19. The summed E-state index contributed by atoms with van der Waals surface area (Å²) in [6.07, 6.45) is 5.34. The molecule has 1 atom stereocenters. The summed E-state index contributed by atoms with van der Waals surface area (Å²) >= 11 is 0. The van der Waals surface area contributed by atoms with Crippen LogP contribution < -0.4 is 16.6 Å². The van der Waals surface area contributed by atoms with E-state index in [0.717, 1.165) is 23.5 Å². The van der Waals surface area contributed by atoms with Crippen LogP contribution in [0.4, 0.5) is 0 Å². The zero-order valence-electron chi connectivity index (χ0n) is 16.7. The number of nitrogens with two attached hydrogens (primary N) is 1. The molecule has 0 fully saturated rings. The third-order valence-electron chi connectivity index (χ3n) is 4.52. The first kappa shape index (κ1) is 20.7. The third kappa shape index (κ3) is 7.69. The summed E-state index contributed by atoms with van der Waals surface area (Å²) in [5.74, 6) is 1.23. The fourth-order valence-corrected chi connectivity index (χ4v) is 2.92. The van der Waals surface area contributed by atoms with Crippen molar-refractivity contribution in [1.82, 2.24) is 9.88 Å². The van der Waals surface area contributed by atoms with Crippen molar-refractivity contribution >= 4 is 5.96 Å². The number of nitrogens with zero attached hydrogens (tertiary/aromatic N) is 2. The maximum absolute atomic E-state index is 11.8. The number of guanidine groups is 1. The molecule has 0 saturated heterocycles. The minimum atomic E-state index is 0.00698. The SMILES string of the molecule is CC(C)CCCC(C)NC(N)=NCc1ccc(Cn2ccccc2=O)cc1. The Kier molecular flexibility index (Phi) is 8.11. The first-order chi connectivity index (χ1) is 12.9. The summed E-state index contributed by atoms with van der Waals surface area (Å²) < 4.78 is 1.69. The molecule has 3 N–H and O–H groups in total. The molecule has 0 saturated carbocycles. The Morgan fingerprint density at radius 2 is 1.78 bits per heavy atom. The second kappa shape index (κ2) is 10.6. The van der Waals surface area contributed by atoms with Gasteiger partial charge in [-0.05, 0) is 36.5 Å². The molecule has 1 unspecified atom stereocenters. The Hall–Kier alpha value is -2.56. The predicted octanol–water partition coefficient (Wildman–Crippen LogP) is 3.52. The van der Waals surface area contributed by atoms with E-state index in [1.807, 2.05) is 30.3 Å². The van der Waals surface area contributed by atoms with Gasteiger partial charge in [0.05, 0.1) is 13.1 Å². The fraction of sp³-hybridized carbons (Fsp3) is 0.455. The fourth-order valence-electron chi connectivity index (χ4n) is 2.92. The van der Waals surface area contributed by atoms with Gasteiger partial charge in [0.15, 0.2) is 5.96 Å². The van der Waals surface area contributed by atoms with Gasteiger partial charge in [-0.25, -0.2) is 4.99 Å². The van der Waals surface area contributed by atoms with Crippen LogP contribution in [0.25, 0.3) is 0 Å². The van der Waals surface area contributed by atoms with Crippen LogP contribution in [-0.2, 0) is 13.1 Å². The smallest absolute Gasteiger partial charge is 0.250 e. The van der Waals surface area contributed by atoms with Crippen LogP contribution in [-0.4, -0.2) is 16.6 Å². The van der Waals surface area contributed by atoms with Crippen molar-refractivity contribution in [2.75, 3.05) is 0 Å². The van der Waals surface area contributed by atoms with Gasteiger partial charge in [-0.15, -0.1) is 0 Å². The summed E-state index contributed by atoms with van der Waals surface area (Å²) in [6.45, 7) is 7.75. The number of aliphatic imine (C=N–C) groups is 1. The van der Waals surface area contributed by atoms with Crippen molar-refractivity contribution in [2.24, 2.45) is 16.6 Å². The number of aromatic nitrogens is 1. The Balaban J connectivity index is 1.82. The van der Waals surface area contributed by atoms with Crippen molar-refractivity contribution < 1.29 is 0 Å². The van der Waals surface area contributed by atoms with E-state index in [1.54, 1.807) is 22.9 Å². The molecule has 5 nitrogen and oxygen atoms in total. The van der Waals surface area contributed by atoms with E-state index < -0.39 is 0 Å². The molecule has 146 valence electrons. The number of benzene rings is 1. The molecular weight excluding hydrogens is 336 g/mol. The van der Waals surface area contributed by atoms with Gasteiger partial charge in [0.25, 0.3) is 5.56 Å². The highest BCUT2D eigenvalue weighted by Crippen LogP contribution is 2.09. The molecule has 0 spiro atoms. The molecule has 1 aromatic carbocycles. The Morgan fingerprint density at radius 3 is 2.44 bits per heavy atom. The minimum absolute atomic E-state index is 0.00698. The van der Waals surface area contributed by atoms with E-state index in [0.29, 0.717) is 25.1 Å². The molecule has 0 aliphatic rings. The molecule has 27 heavy (non-hydrogen) atoms. The van der Waals surface area contributed by atoms with E-state index in [4.69, 9.17) is 5.73 Å². The van der Waals surface area contributed by atoms with E-state index >= 15 is 0 Å². The van der Waals surface area contributed by atoms with Gasteiger partial charge in [-0.1, -0.05) is 57.0 Å². The zero-order valence-corrected chi connectivity index (χ0v) is 16.7. The molecule has 0 radical (unpaired) electrons. The van der Waals surface area contributed by atoms with Crippen LogP contribution in [0.15, 0.2) is 58.4 Å². The van der Waals surface area contributed by atoms with Crippen LogP contribution in [0.1, 0.15) is 51.2 Å². The molecule has 1 heterocycles.